The van der Waals surface area contributed by atoms with E-state index < -0.39 is 15.8 Å². The molecule has 0 amide bonds. The molecule has 3 aromatic rings. The molecule has 41 heavy (non-hydrogen) atoms. The van der Waals surface area contributed by atoms with Crippen LogP contribution in [0.1, 0.15) is 66.7 Å². The predicted octanol–water partition coefficient (Wildman–Crippen LogP) is 6.59. The lowest BCUT2D eigenvalue weighted by molar-refractivity contribution is -0.137. The van der Waals surface area contributed by atoms with Gasteiger partial charge in [-0.3, -0.25) is 4.79 Å². The highest BCUT2D eigenvalue weighted by Crippen LogP contribution is 2.45. The number of benzene rings is 3. The van der Waals surface area contributed by atoms with Crippen LogP contribution in [-0.4, -0.2) is 37.6 Å². The van der Waals surface area contributed by atoms with Gasteiger partial charge < -0.3 is 14.6 Å². The largest absolute Gasteiger partial charge is 0.493 e. The number of rotatable bonds is 10. The number of aliphatic carboxylic acids is 1. The van der Waals surface area contributed by atoms with E-state index in [9.17, 15) is 18.3 Å². The normalized spacial score (nSPS) is 18.9. The van der Waals surface area contributed by atoms with Crippen LogP contribution in [0.5, 0.6) is 11.5 Å². The van der Waals surface area contributed by atoms with Crippen LogP contribution < -0.4 is 9.47 Å². The summed E-state index contributed by atoms with van der Waals surface area (Å²) in [6, 6.07) is 20.9. The lowest BCUT2D eigenvalue weighted by atomic mass is 9.91. The van der Waals surface area contributed by atoms with Gasteiger partial charge in [-0.15, -0.1) is 0 Å². The second-order valence-electron chi connectivity index (χ2n) is 12.0. The molecule has 0 aromatic heterocycles. The molecule has 7 heteroatoms. The fourth-order valence-electron chi connectivity index (χ4n) is 6.35. The number of ether oxygens (including phenoxy) is 2. The Morgan fingerprint density at radius 3 is 2.41 bits per heavy atom. The minimum absolute atomic E-state index is 0.0488. The molecule has 3 aromatic carbocycles. The van der Waals surface area contributed by atoms with Crippen molar-refractivity contribution < 1.29 is 27.8 Å². The summed E-state index contributed by atoms with van der Waals surface area (Å²) in [7, 11) is -2.86. The molecular formula is C34H38O6S. The van der Waals surface area contributed by atoms with E-state index in [4.69, 9.17) is 9.47 Å². The quantitative estimate of drug-likeness (QED) is 0.294. The summed E-state index contributed by atoms with van der Waals surface area (Å²) in [4.78, 5) is 11.4. The minimum Gasteiger partial charge on any atom is -0.493 e. The summed E-state index contributed by atoms with van der Waals surface area (Å²) in [6.45, 7) is 1.00. The summed E-state index contributed by atoms with van der Waals surface area (Å²) in [5.74, 6) is 2.21. The van der Waals surface area contributed by atoms with Crippen LogP contribution in [0.15, 0.2) is 60.7 Å². The first-order chi connectivity index (χ1) is 19.8. The topological polar surface area (TPSA) is 89.9 Å². The Kier molecular flexibility index (Phi) is 8.07. The first kappa shape index (κ1) is 27.8. The SMILES string of the molecule is O=C(O)C[C@@H](c1cccc(OCc2ccc3c(c2)-c2ccc(OCC4CCS(=O)(=O)CC4)cc2CCC3)c1)C1CC1. The maximum Gasteiger partial charge on any atom is 0.303 e. The van der Waals surface area contributed by atoms with Crippen molar-refractivity contribution in [1.82, 2.24) is 0 Å². The number of fused-ring (bicyclic) bond motifs is 3. The molecule has 2 fully saturated rings. The van der Waals surface area contributed by atoms with E-state index in [2.05, 4.69) is 30.3 Å². The fraction of sp³-hybridized carbons (Fsp3) is 0.441. The van der Waals surface area contributed by atoms with Crippen molar-refractivity contribution in [3.63, 3.8) is 0 Å². The van der Waals surface area contributed by atoms with Crippen molar-refractivity contribution in [1.29, 1.82) is 0 Å². The maximum atomic E-state index is 11.7. The molecule has 0 bridgehead atoms. The second kappa shape index (κ2) is 11.9. The van der Waals surface area contributed by atoms with Gasteiger partial charge in [-0.2, -0.15) is 0 Å². The van der Waals surface area contributed by atoms with Crippen LogP contribution in [0.4, 0.5) is 0 Å². The van der Waals surface area contributed by atoms with Gasteiger partial charge in [0.05, 0.1) is 24.5 Å². The van der Waals surface area contributed by atoms with E-state index in [1.54, 1.807) is 0 Å². The number of hydrogen-bond acceptors (Lipinski definition) is 5. The van der Waals surface area contributed by atoms with Crippen LogP contribution in [0.3, 0.4) is 0 Å². The van der Waals surface area contributed by atoms with Gasteiger partial charge in [-0.05, 0) is 126 Å². The first-order valence-corrected chi connectivity index (χ1v) is 16.7. The van der Waals surface area contributed by atoms with E-state index in [-0.39, 0.29) is 29.8 Å². The second-order valence-corrected chi connectivity index (χ2v) is 14.3. The minimum atomic E-state index is -2.86. The van der Waals surface area contributed by atoms with Crippen LogP contribution in [0, 0.1) is 11.8 Å². The van der Waals surface area contributed by atoms with E-state index in [0.29, 0.717) is 32.0 Å². The van der Waals surface area contributed by atoms with Crippen LogP contribution >= 0.6 is 0 Å². The Labute approximate surface area is 242 Å². The third-order valence-electron chi connectivity index (χ3n) is 8.87. The molecule has 1 heterocycles. The van der Waals surface area contributed by atoms with Crippen molar-refractivity contribution in [2.75, 3.05) is 18.1 Å². The average Bonchev–Trinajstić information content (AvgIpc) is 3.81. The van der Waals surface area contributed by atoms with Crippen LogP contribution in [0.2, 0.25) is 0 Å². The molecule has 0 unspecified atom stereocenters. The maximum absolute atomic E-state index is 11.7. The molecule has 216 valence electrons. The number of hydrogen-bond donors (Lipinski definition) is 1. The predicted molar refractivity (Wildman–Crippen MR) is 159 cm³/mol. The summed E-state index contributed by atoms with van der Waals surface area (Å²) in [5, 5.41) is 9.38. The molecular weight excluding hydrogens is 536 g/mol. The van der Waals surface area contributed by atoms with Crippen LogP contribution in [0.25, 0.3) is 11.1 Å². The van der Waals surface area contributed by atoms with Gasteiger partial charge in [0.2, 0.25) is 0 Å². The van der Waals surface area contributed by atoms with E-state index >= 15 is 0 Å². The van der Waals surface area contributed by atoms with E-state index in [1.165, 1.54) is 22.3 Å². The van der Waals surface area contributed by atoms with Gasteiger partial charge in [0.15, 0.2) is 0 Å². The monoisotopic (exact) mass is 574 g/mol. The van der Waals surface area contributed by atoms with Crippen molar-refractivity contribution in [2.45, 2.75) is 63.9 Å². The number of carbonyl (C=O) groups is 1. The molecule has 1 N–H and O–H groups in total. The Bertz CT molecular complexity index is 1510. The number of carboxylic acids is 1. The molecule has 1 saturated heterocycles. The molecule has 6 rings (SSSR count). The van der Waals surface area contributed by atoms with Gasteiger partial charge in [0.25, 0.3) is 0 Å². The number of sulfone groups is 1. The van der Waals surface area contributed by atoms with Gasteiger partial charge in [-0.1, -0.05) is 30.3 Å². The molecule has 2 aliphatic carbocycles. The Morgan fingerprint density at radius 2 is 1.63 bits per heavy atom. The summed E-state index contributed by atoms with van der Waals surface area (Å²) >= 11 is 0. The summed E-state index contributed by atoms with van der Waals surface area (Å²) in [5.41, 5.74) is 7.24. The molecule has 3 aliphatic rings. The smallest absolute Gasteiger partial charge is 0.303 e. The molecule has 1 aliphatic heterocycles. The first-order valence-electron chi connectivity index (χ1n) is 14.9. The molecule has 1 atom stereocenters. The van der Waals surface area contributed by atoms with Crippen molar-refractivity contribution in [2.24, 2.45) is 11.8 Å². The lowest BCUT2D eigenvalue weighted by Gasteiger charge is -2.22. The highest BCUT2D eigenvalue weighted by atomic mass is 32.2. The molecule has 0 spiro atoms. The van der Waals surface area contributed by atoms with Crippen molar-refractivity contribution >= 4 is 15.8 Å². The lowest BCUT2D eigenvalue weighted by Crippen LogP contribution is -2.26. The Balaban J connectivity index is 1.14. The fourth-order valence-corrected chi connectivity index (χ4v) is 7.93. The summed E-state index contributed by atoms with van der Waals surface area (Å²) in [6.07, 6.45) is 6.80. The molecule has 6 nitrogen and oxygen atoms in total. The Hall–Kier alpha value is -3.32. The zero-order chi connectivity index (χ0) is 28.4. The van der Waals surface area contributed by atoms with E-state index in [0.717, 1.165) is 54.7 Å². The average molecular weight is 575 g/mol. The zero-order valence-electron chi connectivity index (χ0n) is 23.4. The third kappa shape index (κ3) is 6.95. The highest BCUT2D eigenvalue weighted by Gasteiger charge is 2.34. The van der Waals surface area contributed by atoms with E-state index in [1.807, 2.05) is 30.3 Å². The Morgan fingerprint density at radius 1 is 0.854 bits per heavy atom. The van der Waals surface area contributed by atoms with Gasteiger partial charge in [0.1, 0.15) is 27.9 Å². The number of carboxylic acid groups (broad SMARTS) is 1. The standard InChI is InChI=1S/C34H38O6S/c35-34(36)20-32(26-9-10-26)28-5-2-6-29(19-28)40-22-24-7-8-25-3-1-4-27-18-30(11-12-31(27)33(25)17-24)39-21-23-13-15-41(37,38)16-14-23/h2,5-8,11-12,17-19,23,26,32H,1,3-4,9-10,13-16,20-22H2,(H,35,36)/t32-/m1/s1. The van der Waals surface area contributed by atoms with Crippen molar-refractivity contribution in [3.05, 3.63) is 82.9 Å². The van der Waals surface area contributed by atoms with Gasteiger partial charge >= 0.3 is 5.97 Å². The van der Waals surface area contributed by atoms with Crippen LogP contribution in [-0.2, 0) is 34.1 Å². The van der Waals surface area contributed by atoms with Gasteiger partial charge in [-0.25, -0.2) is 8.42 Å². The zero-order valence-corrected chi connectivity index (χ0v) is 24.2. The molecule has 1 saturated carbocycles. The van der Waals surface area contributed by atoms with Crippen molar-refractivity contribution in [3.8, 4) is 22.6 Å². The van der Waals surface area contributed by atoms with Gasteiger partial charge in [0, 0.05) is 0 Å². The third-order valence-corrected chi connectivity index (χ3v) is 10.6. The summed E-state index contributed by atoms with van der Waals surface area (Å²) < 4.78 is 35.8. The molecule has 0 radical (unpaired) electrons. The highest BCUT2D eigenvalue weighted by molar-refractivity contribution is 7.91. The number of aryl methyl sites for hydroxylation is 2.